The second-order valence-corrected chi connectivity index (χ2v) is 9.06. The molecule has 0 radical (unpaired) electrons. The number of piperidine rings is 1. The van der Waals surface area contributed by atoms with Crippen molar-refractivity contribution in [2.24, 2.45) is 0 Å². The molecular weight excluding hydrogens is 440 g/mol. The monoisotopic (exact) mass is 463 g/mol. The number of carbonyl (C=O) groups excluding carboxylic acids is 1. The van der Waals surface area contributed by atoms with E-state index in [9.17, 15) is 18.8 Å². The van der Waals surface area contributed by atoms with Gasteiger partial charge in [0.15, 0.2) is 11.6 Å². The quantitative estimate of drug-likeness (QED) is 0.533. The minimum absolute atomic E-state index is 0.0446. The maximum Gasteiger partial charge on any atom is 0.252 e. The Labute approximate surface area is 196 Å². The van der Waals surface area contributed by atoms with Gasteiger partial charge in [-0.25, -0.2) is 8.78 Å². The van der Waals surface area contributed by atoms with Crippen LogP contribution in [0, 0.1) is 23.0 Å². The lowest BCUT2D eigenvalue weighted by molar-refractivity contribution is 0.0906. The lowest BCUT2D eigenvalue weighted by atomic mass is 10.0. The number of carbonyl (C=O) groups is 1. The highest BCUT2D eigenvalue weighted by molar-refractivity contribution is 7.99. The van der Waals surface area contributed by atoms with Crippen LogP contribution in [-0.4, -0.2) is 29.9 Å². The van der Waals surface area contributed by atoms with Crippen LogP contribution in [0.3, 0.4) is 0 Å². The summed E-state index contributed by atoms with van der Waals surface area (Å²) in [5, 5.41) is 12.5. The van der Waals surface area contributed by atoms with Crippen LogP contribution in [-0.2, 0) is 6.54 Å². The molecule has 168 valence electrons. The Morgan fingerprint density at radius 1 is 1.00 bits per heavy atom. The number of amides is 1. The van der Waals surface area contributed by atoms with E-state index < -0.39 is 11.6 Å². The van der Waals surface area contributed by atoms with Crippen molar-refractivity contribution in [1.82, 2.24) is 10.2 Å². The third-order valence-corrected chi connectivity index (χ3v) is 6.82. The Morgan fingerprint density at radius 3 is 2.42 bits per heavy atom. The third kappa shape index (κ3) is 5.78. The molecule has 0 atom stereocenters. The van der Waals surface area contributed by atoms with Gasteiger partial charge in [0.1, 0.15) is 6.07 Å². The first-order valence-corrected chi connectivity index (χ1v) is 11.6. The molecular formula is C26H23F2N3OS. The Bertz CT molecular complexity index is 1190. The van der Waals surface area contributed by atoms with Crippen molar-refractivity contribution >= 4 is 17.7 Å². The molecule has 1 amide bonds. The van der Waals surface area contributed by atoms with Crippen molar-refractivity contribution in [2.45, 2.75) is 35.2 Å². The van der Waals surface area contributed by atoms with E-state index >= 15 is 0 Å². The number of nitriles is 1. The predicted molar refractivity (Wildman–Crippen MR) is 124 cm³/mol. The number of benzene rings is 3. The number of hydrogen-bond donors (Lipinski definition) is 1. The number of likely N-dealkylation sites (tertiary alicyclic amines) is 1. The molecule has 33 heavy (non-hydrogen) atoms. The average Bonchev–Trinajstić information content (AvgIpc) is 2.83. The summed E-state index contributed by atoms with van der Waals surface area (Å²) < 4.78 is 26.6. The fourth-order valence-corrected chi connectivity index (χ4v) is 4.93. The molecule has 1 fully saturated rings. The van der Waals surface area contributed by atoms with E-state index in [1.54, 1.807) is 18.2 Å². The predicted octanol–water partition coefficient (Wildman–Crippen LogP) is 5.38. The van der Waals surface area contributed by atoms with Crippen molar-refractivity contribution in [1.29, 1.82) is 5.26 Å². The summed E-state index contributed by atoms with van der Waals surface area (Å²) in [5.74, 6) is -1.80. The van der Waals surface area contributed by atoms with Gasteiger partial charge >= 0.3 is 0 Å². The lowest BCUT2D eigenvalue weighted by Gasteiger charge is -2.32. The summed E-state index contributed by atoms with van der Waals surface area (Å²) in [6.07, 6.45) is 1.56. The number of nitrogens with one attached hydrogen (secondary N) is 1. The molecule has 0 aliphatic carbocycles. The summed E-state index contributed by atoms with van der Waals surface area (Å²) in [5.41, 5.74) is 1.89. The summed E-state index contributed by atoms with van der Waals surface area (Å²) in [6, 6.07) is 21.0. The van der Waals surface area contributed by atoms with E-state index in [1.807, 2.05) is 36.4 Å². The maximum atomic E-state index is 13.5. The van der Waals surface area contributed by atoms with Crippen molar-refractivity contribution in [2.75, 3.05) is 13.1 Å². The number of nitrogens with zero attached hydrogens (tertiary/aromatic N) is 2. The lowest BCUT2D eigenvalue weighted by Crippen LogP contribution is -2.44. The van der Waals surface area contributed by atoms with E-state index in [1.165, 1.54) is 17.8 Å². The Morgan fingerprint density at radius 2 is 1.70 bits per heavy atom. The second-order valence-electron chi connectivity index (χ2n) is 7.98. The number of rotatable bonds is 6. The zero-order valence-corrected chi connectivity index (χ0v) is 18.7. The standard InChI is InChI=1S/C26H23F2N3OS/c27-22-10-9-18(15-23(22)28)17-31-13-11-20(12-14-31)30-26(32)21-6-2-4-8-25(21)33-24-7-3-1-5-19(24)16-29/h1-10,15,20H,11-14,17H2,(H,30,32). The molecule has 3 aromatic carbocycles. The summed E-state index contributed by atoms with van der Waals surface area (Å²) in [6.45, 7) is 2.07. The Kier molecular flexibility index (Phi) is 7.38. The van der Waals surface area contributed by atoms with Gasteiger partial charge in [-0.3, -0.25) is 9.69 Å². The first-order chi connectivity index (χ1) is 16.0. The first kappa shape index (κ1) is 23.0. The van der Waals surface area contributed by atoms with E-state index in [-0.39, 0.29) is 11.9 Å². The molecule has 0 unspecified atom stereocenters. The summed E-state index contributed by atoms with van der Waals surface area (Å²) in [7, 11) is 0. The number of halogens is 2. The smallest absolute Gasteiger partial charge is 0.252 e. The van der Waals surface area contributed by atoms with E-state index in [2.05, 4.69) is 16.3 Å². The van der Waals surface area contributed by atoms with Crippen molar-refractivity contribution in [3.63, 3.8) is 0 Å². The normalized spacial score (nSPS) is 14.6. The van der Waals surface area contributed by atoms with Gasteiger partial charge in [0.05, 0.1) is 11.1 Å². The van der Waals surface area contributed by atoms with Crippen LogP contribution in [0.15, 0.2) is 76.5 Å². The fraction of sp³-hybridized carbons (Fsp3) is 0.231. The van der Waals surface area contributed by atoms with Crippen molar-refractivity contribution < 1.29 is 13.6 Å². The van der Waals surface area contributed by atoms with Gasteiger partial charge in [0.25, 0.3) is 5.91 Å². The highest BCUT2D eigenvalue weighted by atomic mass is 32.2. The average molecular weight is 464 g/mol. The highest BCUT2D eigenvalue weighted by Gasteiger charge is 2.23. The summed E-state index contributed by atoms with van der Waals surface area (Å²) >= 11 is 1.41. The molecule has 4 nitrogen and oxygen atoms in total. The highest BCUT2D eigenvalue weighted by Crippen LogP contribution is 2.32. The molecule has 0 aromatic heterocycles. The van der Waals surface area contributed by atoms with Crippen LogP contribution >= 0.6 is 11.8 Å². The van der Waals surface area contributed by atoms with E-state index in [4.69, 9.17) is 0 Å². The maximum absolute atomic E-state index is 13.5. The van der Waals surface area contributed by atoms with E-state index in [0.29, 0.717) is 17.7 Å². The van der Waals surface area contributed by atoms with Crippen LogP contribution in [0.1, 0.15) is 34.3 Å². The van der Waals surface area contributed by atoms with Crippen LogP contribution in [0.25, 0.3) is 0 Å². The van der Waals surface area contributed by atoms with Gasteiger partial charge in [-0.1, -0.05) is 42.1 Å². The van der Waals surface area contributed by atoms with Crippen molar-refractivity contribution in [3.8, 4) is 6.07 Å². The van der Waals surface area contributed by atoms with Gasteiger partial charge in [-0.2, -0.15) is 5.26 Å². The third-order valence-electron chi connectivity index (χ3n) is 5.67. The van der Waals surface area contributed by atoms with Crippen LogP contribution in [0.2, 0.25) is 0 Å². The fourth-order valence-electron chi connectivity index (χ4n) is 3.90. The molecule has 0 saturated carbocycles. The van der Waals surface area contributed by atoms with Crippen LogP contribution in [0.5, 0.6) is 0 Å². The van der Waals surface area contributed by atoms with Gasteiger partial charge in [0, 0.05) is 35.5 Å². The molecule has 7 heteroatoms. The van der Waals surface area contributed by atoms with Crippen LogP contribution < -0.4 is 5.32 Å². The second kappa shape index (κ2) is 10.6. The number of hydrogen-bond acceptors (Lipinski definition) is 4. The van der Waals surface area contributed by atoms with E-state index in [0.717, 1.165) is 47.4 Å². The largest absolute Gasteiger partial charge is 0.349 e. The minimum atomic E-state index is -0.838. The van der Waals surface area contributed by atoms with Crippen LogP contribution in [0.4, 0.5) is 8.78 Å². The summed E-state index contributed by atoms with van der Waals surface area (Å²) in [4.78, 5) is 16.8. The van der Waals surface area contributed by atoms with Gasteiger partial charge in [0.2, 0.25) is 0 Å². The van der Waals surface area contributed by atoms with Gasteiger partial charge in [-0.05, 0) is 54.8 Å². The first-order valence-electron chi connectivity index (χ1n) is 10.8. The molecule has 4 rings (SSSR count). The molecule has 0 bridgehead atoms. The molecule has 3 aromatic rings. The van der Waals surface area contributed by atoms with Crippen molar-refractivity contribution in [3.05, 3.63) is 95.1 Å². The molecule has 1 aliphatic heterocycles. The molecule has 1 saturated heterocycles. The molecule has 1 N–H and O–H groups in total. The topological polar surface area (TPSA) is 56.1 Å². The Balaban J connectivity index is 1.36. The molecule has 0 spiro atoms. The minimum Gasteiger partial charge on any atom is -0.349 e. The molecule has 1 aliphatic rings. The molecule has 1 heterocycles. The zero-order valence-electron chi connectivity index (χ0n) is 17.9. The van der Waals surface area contributed by atoms with Gasteiger partial charge < -0.3 is 5.32 Å². The zero-order chi connectivity index (χ0) is 23.2. The van der Waals surface area contributed by atoms with Gasteiger partial charge in [-0.15, -0.1) is 0 Å². The SMILES string of the molecule is N#Cc1ccccc1Sc1ccccc1C(=O)NC1CCN(Cc2ccc(F)c(F)c2)CC1. The Hall–Kier alpha value is -3.21.